The Labute approximate surface area is 127 Å². The Morgan fingerprint density at radius 2 is 2.18 bits per heavy atom. The van der Waals surface area contributed by atoms with Crippen LogP contribution in [0.1, 0.15) is 19.5 Å². The summed E-state index contributed by atoms with van der Waals surface area (Å²) in [6, 6.07) is 8.90. The maximum atomic E-state index is 11.7. The van der Waals surface area contributed by atoms with Gasteiger partial charge in [-0.2, -0.15) is 5.26 Å². The highest BCUT2D eigenvalue weighted by molar-refractivity contribution is 5.98. The molecule has 0 atom stereocenters. The summed E-state index contributed by atoms with van der Waals surface area (Å²) in [6.45, 7) is 3.11. The van der Waals surface area contributed by atoms with Gasteiger partial charge in [-0.05, 0) is 25.1 Å². The molecule has 0 fully saturated rings. The Balaban J connectivity index is 2.59. The van der Waals surface area contributed by atoms with Crippen molar-refractivity contribution in [3.63, 3.8) is 0 Å². The van der Waals surface area contributed by atoms with Gasteiger partial charge in [0, 0.05) is 24.7 Å². The molecule has 0 amide bonds. The van der Waals surface area contributed by atoms with E-state index >= 15 is 0 Å². The van der Waals surface area contributed by atoms with Gasteiger partial charge in [-0.3, -0.25) is 4.79 Å². The fourth-order valence-corrected chi connectivity index (χ4v) is 1.98. The number of rotatable bonds is 4. The van der Waals surface area contributed by atoms with Crippen molar-refractivity contribution in [1.29, 1.82) is 5.26 Å². The van der Waals surface area contributed by atoms with E-state index < -0.39 is 11.9 Å². The Hall–Kier alpha value is -3.07. The lowest BCUT2D eigenvalue weighted by Gasteiger charge is -2.03. The molecule has 0 saturated heterocycles. The van der Waals surface area contributed by atoms with Crippen molar-refractivity contribution in [2.24, 2.45) is 0 Å². The number of carbonyl (C=O) groups is 2. The zero-order valence-corrected chi connectivity index (χ0v) is 12.2. The van der Waals surface area contributed by atoms with Gasteiger partial charge in [0.25, 0.3) is 0 Å². The number of carbonyl (C=O) groups excluding carboxylic acids is 2. The van der Waals surface area contributed by atoms with Crippen LogP contribution in [0.5, 0.6) is 5.75 Å². The highest BCUT2D eigenvalue weighted by Crippen LogP contribution is 2.27. The average molecular weight is 298 g/mol. The molecule has 0 radical (unpaired) electrons. The van der Waals surface area contributed by atoms with Crippen LogP contribution in [0.2, 0.25) is 0 Å². The quantitative estimate of drug-likeness (QED) is 0.491. The molecule has 112 valence electrons. The summed E-state index contributed by atoms with van der Waals surface area (Å²) in [6.07, 6.45) is 3.09. The molecule has 2 aromatic heterocycles. The highest BCUT2D eigenvalue weighted by Gasteiger charge is 2.16. The fraction of sp³-hybridized carbons (Fsp3) is 0.188. The van der Waals surface area contributed by atoms with Crippen molar-refractivity contribution in [2.75, 3.05) is 6.61 Å². The molecule has 0 aliphatic rings. The number of aromatic nitrogens is 1. The second-order valence-electron chi connectivity index (χ2n) is 4.37. The van der Waals surface area contributed by atoms with Crippen molar-refractivity contribution in [1.82, 2.24) is 4.40 Å². The standard InChI is InChI=1S/C16H14N2O4/c1-3-21-16(20)12(10-17)8-14-15(22-11(2)19)9-13-6-4-5-7-18(13)14/h4-9H,3H2,1-2H3. The van der Waals surface area contributed by atoms with Gasteiger partial charge in [-0.15, -0.1) is 0 Å². The minimum Gasteiger partial charge on any atom is -0.462 e. The van der Waals surface area contributed by atoms with E-state index in [1.54, 1.807) is 35.7 Å². The predicted octanol–water partition coefficient (Wildman–Crippen LogP) is 2.33. The largest absolute Gasteiger partial charge is 0.462 e. The van der Waals surface area contributed by atoms with E-state index in [1.807, 2.05) is 12.1 Å². The number of ether oxygens (including phenoxy) is 2. The Kier molecular flexibility index (Phi) is 4.59. The van der Waals surface area contributed by atoms with Crippen LogP contribution < -0.4 is 4.74 Å². The van der Waals surface area contributed by atoms with Crippen molar-refractivity contribution in [3.8, 4) is 11.8 Å². The molecule has 0 aliphatic carbocycles. The second kappa shape index (κ2) is 6.59. The fourth-order valence-electron chi connectivity index (χ4n) is 1.98. The summed E-state index contributed by atoms with van der Waals surface area (Å²) in [7, 11) is 0. The molecule has 6 heteroatoms. The summed E-state index contributed by atoms with van der Waals surface area (Å²) < 4.78 is 11.7. The first kappa shape index (κ1) is 15.3. The van der Waals surface area contributed by atoms with Crippen LogP contribution >= 0.6 is 0 Å². The van der Waals surface area contributed by atoms with E-state index in [9.17, 15) is 9.59 Å². The van der Waals surface area contributed by atoms with E-state index in [1.165, 1.54) is 13.0 Å². The first-order valence-electron chi connectivity index (χ1n) is 6.64. The van der Waals surface area contributed by atoms with Crippen molar-refractivity contribution >= 4 is 23.5 Å². The summed E-state index contributed by atoms with van der Waals surface area (Å²) in [5.74, 6) is -0.930. The maximum absolute atomic E-state index is 11.7. The third-order valence-corrected chi connectivity index (χ3v) is 2.83. The molecule has 2 aromatic rings. The number of esters is 2. The summed E-state index contributed by atoms with van der Waals surface area (Å²) in [5, 5.41) is 9.13. The molecular formula is C16H14N2O4. The van der Waals surface area contributed by atoms with Gasteiger partial charge in [-0.25, -0.2) is 4.79 Å². The van der Waals surface area contributed by atoms with Crippen LogP contribution in [0.15, 0.2) is 36.0 Å². The number of nitrogens with zero attached hydrogens (tertiary/aromatic N) is 2. The number of nitriles is 1. The van der Waals surface area contributed by atoms with E-state index in [4.69, 9.17) is 14.7 Å². The predicted molar refractivity (Wildman–Crippen MR) is 78.9 cm³/mol. The molecule has 0 aliphatic heterocycles. The van der Waals surface area contributed by atoms with Crippen LogP contribution in [0, 0.1) is 11.3 Å². The topological polar surface area (TPSA) is 80.8 Å². The van der Waals surface area contributed by atoms with E-state index in [2.05, 4.69) is 0 Å². The van der Waals surface area contributed by atoms with Gasteiger partial charge in [0.15, 0.2) is 5.75 Å². The zero-order chi connectivity index (χ0) is 16.1. The van der Waals surface area contributed by atoms with Crippen LogP contribution in [-0.2, 0) is 14.3 Å². The molecule has 2 heterocycles. The van der Waals surface area contributed by atoms with E-state index in [-0.39, 0.29) is 17.9 Å². The third kappa shape index (κ3) is 3.15. The van der Waals surface area contributed by atoms with Gasteiger partial charge in [0.05, 0.1) is 12.3 Å². The van der Waals surface area contributed by atoms with Crippen molar-refractivity contribution in [3.05, 3.63) is 41.7 Å². The normalized spacial score (nSPS) is 11.0. The van der Waals surface area contributed by atoms with Crippen molar-refractivity contribution in [2.45, 2.75) is 13.8 Å². The molecule has 0 aromatic carbocycles. The molecule has 2 rings (SSSR count). The van der Waals surface area contributed by atoms with Crippen LogP contribution in [-0.4, -0.2) is 22.9 Å². The van der Waals surface area contributed by atoms with Gasteiger partial charge < -0.3 is 13.9 Å². The zero-order valence-electron chi connectivity index (χ0n) is 12.2. The number of pyridine rings is 1. The maximum Gasteiger partial charge on any atom is 0.348 e. The number of hydrogen-bond acceptors (Lipinski definition) is 5. The summed E-state index contributed by atoms with van der Waals surface area (Å²) >= 11 is 0. The molecule has 0 bridgehead atoms. The summed E-state index contributed by atoms with van der Waals surface area (Å²) in [4.78, 5) is 23.0. The molecular weight excluding hydrogens is 284 g/mol. The minimum absolute atomic E-state index is 0.167. The Morgan fingerprint density at radius 3 is 2.82 bits per heavy atom. The smallest absolute Gasteiger partial charge is 0.348 e. The molecule has 22 heavy (non-hydrogen) atoms. The van der Waals surface area contributed by atoms with E-state index in [0.717, 1.165) is 5.52 Å². The lowest BCUT2D eigenvalue weighted by Crippen LogP contribution is -2.07. The lowest BCUT2D eigenvalue weighted by atomic mass is 10.2. The molecule has 6 nitrogen and oxygen atoms in total. The Bertz CT molecular complexity index is 796. The number of hydrogen-bond donors (Lipinski definition) is 0. The number of fused-ring (bicyclic) bond motifs is 1. The van der Waals surface area contributed by atoms with Crippen LogP contribution in [0.3, 0.4) is 0 Å². The van der Waals surface area contributed by atoms with Gasteiger partial charge >= 0.3 is 11.9 Å². The molecule has 0 saturated carbocycles. The molecule has 0 spiro atoms. The van der Waals surface area contributed by atoms with Gasteiger partial charge in [0.2, 0.25) is 0 Å². The second-order valence-corrected chi connectivity index (χ2v) is 4.37. The Morgan fingerprint density at radius 1 is 1.41 bits per heavy atom. The van der Waals surface area contributed by atoms with E-state index in [0.29, 0.717) is 5.69 Å². The van der Waals surface area contributed by atoms with Crippen LogP contribution in [0.4, 0.5) is 0 Å². The minimum atomic E-state index is -0.718. The first-order valence-corrected chi connectivity index (χ1v) is 6.64. The lowest BCUT2D eigenvalue weighted by molar-refractivity contribution is -0.138. The monoisotopic (exact) mass is 298 g/mol. The average Bonchev–Trinajstić information content (AvgIpc) is 2.81. The SMILES string of the molecule is CCOC(=O)C(C#N)=Cc1c(OC(C)=O)cc2ccccn12. The molecule has 0 unspecified atom stereocenters. The van der Waals surface area contributed by atoms with Gasteiger partial charge in [-0.1, -0.05) is 6.07 Å². The highest BCUT2D eigenvalue weighted by atomic mass is 16.5. The van der Waals surface area contributed by atoms with Crippen molar-refractivity contribution < 1.29 is 19.1 Å². The van der Waals surface area contributed by atoms with Crippen LogP contribution in [0.25, 0.3) is 11.6 Å². The summed E-state index contributed by atoms with van der Waals surface area (Å²) in [5.41, 5.74) is 1.03. The third-order valence-electron chi connectivity index (χ3n) is 2.83. The first-order chi connectivity index (χ1) is 10.6. The van der Waals surface area contributed by atoms with Gasteiger partial charge in [0.1, 0.15) is 11.6 Å². The molecule has 0 N–H and O–H groups in total.